The van der Waals surface area contributed by atoms with Crippen molar-refractivity contribution < 1.29 is 0 Å². The summed E-state index contributed by atoms with van der Waals surface area (Å²) < 4.78 is 0.861. The van der Waals surface area contributed by atoms with Crippen LogP contribution in [0, 0.1) is 11.8 Å². The highest BCUT2D eigenvalue weighted by atomic mass is 79.9. The lowest BCUT2D eigenvalue weighted by Crippen LogP contribution is -2.08. The molecule has 1 aromatic heterocycles. The second-order valence-electron chi connectivity index (χ2n) is 5.32. The van der Waals surface area contributed by atoms with E-state index in [9.17, 15) is 0 Å². The Bertz CT molecular complexity index is 375. The third kappa shape index (κ3) is 4.62. The van der Waals surface area contributed by atoms with Gasteiger partial charge in [0.15, 0.2) is 0 Å². The number of anilines is 1. The molecule has 0 unspecified atom stereocenters. The van der Waals surface area contributed by atoms with Gasteiger partial charge < -0.3 is 5.73 Å². The summed E-state index contributed by atoms with van der Waals surface area (Å²) in [7, 11) is 0. The Labute approximate surface area is 112 Å². The summed E-state index contributed by atoms with van der Waals surface area (Å²) in [6, 6.07) is 0. The number of halogens is 1. The van der Waals surface area contributed by atoms with Crippen LogP contribution in [0.2, 0.25) is 0 Å². The molecule has 0 amide bonds. The number of nitrogens with two attached hydrogens (primary N) is 1. The van der Waals surface area contributed by atoms with Crippen LogP contribution in [0.25, 0.3) is 0 Å². The molecule has 0 spiro atoms. The van der Waals surface area contributed by atoms with Crippen molar-refractivity contribution in [3.05, 3.63) is 16.0 Å². The fraction of sp³-hybridized carbons (Fsp3) is 0.692. The minimum absolute atomic E-state index is 0.564. The number of nitrogen functional groups attached to an aromatic ring is 1. The number of aryl methyl sites for hydroxylation is 1. The maximum atomic E-state index is 5.91. The Morgan fingerprint density at radius 2 is 1.76 bits per heavy atom. The second-order valence-corrected chi connectivity index (χ2v) is 6.11. The largest absolute Gasteiger partial charge is 0.383 e. The van der Waals surface area contributed by atoms with Crippen molar-refractivity contribution in [2.75, 3.05) is 5.73 Å². The van der Waals surface area contributed by atoms with Gasteiger partial charge in [0.1, 0.15) is 11.6 Å². The van der Waals surface area contributed by atoms with Gasteiger partial charge in [0.05, 0.1) is 10.2 Å². The lowest BCUT2D eigenvalue weighted by molar-refractivity contribution is 0.569. The zero-order valence-electron chi connectivity index (χ0n) is 11.1. The fourth-order valence-electron chi connectivity index (χ4n) is 1.62. The molecule has 1 aromatic rings. The van der Waals surface area contributed by atoms with Gasteiger partial charge in [-0.25, -0.2) is 9.97 Å². The van der Waals surface area contributed by atoms with E-state index in [-0.39, 0.29) is 0 Å². The van der Waals surface area contributed by atoms with Crippen molar-refractivity contribution in [1.29, 1.82) is 0 Å². The standard InChI is InChI=1S/C13H22BrN3/c1-8(2)5-6-11-16-10(7-9(3)4)12(14)13(15)17-11/h8-9H,5-7H2,1-4H3,(H2,15,16,17). The Morgan fingerprint density at radius 1 is 1.12 bits per heavy atom. The number of hydrogen-bond acceptors (Lipinski definition) is 3. The van der Waals surface area contributed by atoms with E-state index in [1.165, 1.54) is 0 Å². The van der Waals surface area contributed by atoms with Gasteiger partial charge >= 0.3 is 0 Å². The highest BCUT2D eigenvalue weighted by Gasteiger charge is 2.11. The van der Waals surface area contributed by atoms with E-state index in [0.29, 0.717) is 17.7 Å². The van der Waals surface area contributed by atoms with Crippen molar-refractivity contribution in [2.24, 2.45) is 11.8 Å². The third-order valence-corrected chi connectivity index (χ3v) is 3.40. The number of nitrogens with zero attached hydrogens (tertiary/aromatic N) is 2. The molecule has 1 rings (SSSR count). The SMILES string of the molecule is CC(C)CCc1nc(N)c(Br)c(CC(C)C)n1. The molecule has 0 aromatic carbocycles. The highest BCUT2D eigenvalue weighted by Crippen LogP contribution is 2.23. The average molecular weight is 300 g/mol. The molecule has 1 heterocycles. The van der Waals surface area contributed by atoms with E-state index in [1.54, 1.807) is 0 Å². The fourth-order valence-corrected chi connectivity index (χ4v) is 1.96. The van der Waals surface area contributed by atoms with Crippen molar-refractivity contribution in [1.82, 2.24) is 9.97 Å². The first-order valence-corrected chi connectivity index (χ1v) is 7.00. The average Bonchev–Trinajstić information content (AvgIpc) is 2.21. The molecule has 0 atom stereocenters. The molecule has 4 heteroatoms. The van der Waals surface area contributed by atoms with E-state index in [1.807, 2.05) is 0 Å². The molecule has 2 N–H and O–H groups in total. The lowest BCUT2D eigenvalue weighted by Gasteiger charge is -2.11. The smallest absolute Gasteiger partial charge is 0.141 e. The van der Waals surface area contributed by atoms with Gasteiger partial charge in [0, 0.05) is 6.42 Å². The van der Waals surface area contributed by atoms with Crippen LogP contribution in [0.5, 0.6) is 0 Å². The van der Waals surface area contributed by atoms with E-state index < -0.39 is 0 Å². The van der Waals surface area contributed by atoms with Crippen LogP contribution in [0.15, 0.2) is 4.47 Å². The van der Waals surface area contributed by atoms with Crippen molar-refractivity contribution in [3.63, 3.8) is 0 Å². The summed E-state index contributed by atoms with van der Waals surface area (Å²) >= 11 is 3.47. The molecular formula is C13H22BrN3. The normalized spacial score (nSPS) is 11.5. The maximum Gasteiger partial charge on any atom is 0.141 e. The minimum atomic E-state index is 0.564. The predicted octanol–water partition coefficient (Wildman–Crippen LogP) is 3.61. The number of aromatic nitrogens is 2. The first kappa shape index (κ1) is 14.4. The molecule has 0 aliphatic carbocycles. The monoisotopic (exact) mass is 299 g/mol. The molecule has 96 valence electrons. The van der Waals surface area contributed by atoms with Gasteiger partial charge in [0.2, 0.25) is 0 Å². The quantitative estimate of drug-likeness (QED) is 0.903. The molecule has 0 saturated heterocycles. The zero-order chi connectivity index (χ0) is 13.0. The second kappa shape index (κ2) is 6.34. The molecule has 17 heavy (non-hydrogen) atoms. The molecule has 0 bridgehead atoms. The van der Waals surface area contributed by atoms with Crippen molar-refractivity contribution >= 4 is 21.7 Å². The Kier molecular flexibility index (Phi) is 5.37. The Balaban J connectivity index is 2.89. The van der Waals surface area contributed by atoms with Gasteiger partial charge in [-0.15, -0.1) is 0 Å². The van der Waals surface area contributed by atoms with E-state index >= 15 is 0 Å². The predicted molar refractivity (Wildman–Crippen MR) is 75.8 cm³/mol. The van der Waals surface area contributed by atoms with Crippen molar-refractivity contribution in [3.8, 4) is 0 Å². The zero-order valence-corrected chi connectivity index (χ0v) is 12.7. The van der Waals surface area contributed by atoms with Crippen molar-refractivity contribution in [2.45, 2.75) is 47.0 Å². The van der Waals surface area contributed by atoms with E-state index in [4.69, 9.17) is 5.73 Å². The molecule has 0 fully saturated rings. The van der Waals surface area contributed by atoms with Crippen LogP contribution in [0.1, 0.15) is 45.6 Å². The summed E-state index contributed by atoms with van der Waals surface area (Å²) in [6.07, 6.45) is 2.93. The molecule has 3 nitrogen and oxygen atoms in total. The van der Waals surface area contributed by atoms with Gasteiger partial charge in [-0.2, -0.15) is 0 Å². The maximum absolute atomic E-state index is 5.91. The minimum Gasteiger partial charge on any atom is -0.383 e. The third-order valence-electron chi connectivity index (χ3n) is 2.54. The lowest BCUT2D eigenvalue weighted by atomic mass is 10.1. The molecule has 0 aliphatic heterocycles. The summed E-state index contributed by atoms with van der Waals surface area (Å²) in [5.74, 6) is 2.67. The van der Waals surface area contributed by atoms with Crippen LogP contribution in [0.4, 0.5) is 5.82 Å². The summed E-state index contributed by atoms with van der Waals surface area (Å²) in [4.78, 5) is 8.94. The van der Waals surface area contributed by atoms with Crippen LogP contribution in [-0.2, 0) is 12.8 Å². The van der Waals surface area contributed by atoms with Gasteiger partial charge in [0.25, 0.3) is 0 Å². The molecule has 0 radical (unpaired) electrons. The van der Waals surface area contributed by atoms with Crippen LogP contribution < -0.4 is 5.73 Å². The van der Waals surface area contributed by atoms with Gasteiger partial charge in [-0.05, 0) is 40.6 Å². The highest BCUT2D eigenvalue weighted by molar-refractivity contribution is 9.10. The first-order chi connectivity index (χ1) is 7.90. The van der Waals surface area contributed by atoms with Gasteiger partial charge in [-0.3, -0.25) is 0 Å². The topological polar surface area (TPSA) is 51.8 Å². The van der Waals surface area contributed by atoms with Gasteiger partial charge in [-0.1, -0.05) is 27.7 Å². The van der Waals surface area contributed by atoms with Crippen LogP contribution in [0.3, 0.4) is 0 Å². The summed E-state index contributed by atoms with van der Waals surface area (Å²) in [5, 5.41) is 0. The van der Waals surface area contributed by atoms with Crippen LogP contribution in [-0.4, -0.2) is 9.97 Å². The summed E-state index contributed by atoms with van der Waals surface area (Å²) in [5.41, 5.74) is 6.94. The van der Waals surface area contributed by atoms with Crippen LogP contribution >= 0.6 is 15.9 Å². The van der Waals surface area contributed by atoms with E-state index in [2.05, 4.69) is 53.6 Å². The molecule has 0 aliphatic rings. The van der Waals surface area contributed by atoms with E-state index in [0.717, 1.165) is 35.3 Å². The summed E-state index contributed by atoms with van der Waals surface area (Å²) in [6.45, 7) is 8.77. The molecular weight excluding hydrogens is 278 g/mol. The first-order valence-electron chi connectivity index (χ1n) is 6.21. The Hall–Kier alpha value is -0.640. The number of hydrogen-bond donors (Lipinski definition) is 1. The number of rotatable bonds is 5. The Morgan fingerprint density at radius 3 is 2.29 bits per heavy atom. The molecule has 0 saturated carbocycles.